The van der Waals surface area contributed by atoms with Crippen LogP contribution in [-0.2, 0) is 19.1 Å². The molecule has 8 nitrogen and oxygen atoms in total. The van der Waals surface area contributed by atoms with Gasteiger partial charge in [-0.1, -0.05) is 6.07 Å². The fourth-order valence-corrected chi connectivity index (χ4v) is 2.00. The van der Waals surface area contributed by atoms with Gasteiger partial charge in [-0.25, -0.2) is 14.5 Å². The molecule has 0 spiro atoms. The Labute approximate surface area is 138 Å². The smallest absolute Gasteiger partial charge is 0.416 e. The van der Waals surface area contributed by atoms with E-state index >= 15 is 0 Å². The molecular formula is C16H17NO7. The van der Waals surface area contributed by atoms with Crippen LogP contribution in [-0.4, -0.2) is 56.8 Å². The molecule has 2 rings (SSSR count). The van der Waals surface area contributed by atoms with E-state index in [0.717, 1.165) is 4.90 Å². The molecule has 0 N–H and O–H groups in total. The highest BCUT2D eigenvalue weighted by atomic mass is 16.6. The molecule has 0 saturated carbocycles. The van der Waals surface area contributed by atoms with Crippen LogP contribution in [0.4, 0.5) is 4.79 Å². The number of methoxy groups -OCH3 is 2. The van der Waals surface area contributed by atoms with Crippen molar-refractivity contribution in [2.45, 2.75) is 0 Å². The molecular weight excluding hydrogens is 318 g/mol. The maximum atomic E-state index is 11.7. The largest absolute Gasteiger partial charge is 0.493 e. The number of carbonyl (C=O) groups is 3. The summed E-state index contributed by atoms with van der Waals surface area (Å²) in [5, 5.41) is 0. The van der Waals surface area contributed by atoms with Gasteiger partial charge in [0, 0.05) is 6.08 Å². The molecule has 0 aliphatic carbocycles. The van der Waals surface area contributed by atoms with Crippen molar-refractivity contribution in [1.29, 1.82) is 0 Å². The van der Waals surface area contributed by atoms with E-state index in [4.69, 9.17) is 14.2 Å². The van der Waals surface area contributed by atoms with Crippen LogP contribution in [0.5, 0.6) is 11.5 Å². The molecule has 24 heavy (non-hydrogen) atoms. The molecule has 0 atom stereocenters. The molecule has 128 valence electrons. The topological polar surface area (TPSA) is 91.4 Å². The number of hydrogen-bond donors (Lipinski definition) is 0. The highest BCUT2D eigenvalue weighted by Crippen LogP contribution is 2.27. The zero-order valence-corrected chi connectivity index (χ0v) is 13.3. The number of benzene rings is 1. The van der Waals surface area contributed by atoms with Crippen molar-refractivity contribution >= 4 is 24.0 Å². The lowest BCUT2D eigenvalue weighted by molar-refractivity contribution is -0.146. The zero-order valence-electron chi connectivity index (χ0n) is 13.3. The molecule has 1 heterocycles. The molecule has 1 saturated heterocycles. The number of esters is 1. The fraction of sp³-hybridized carbons (Fsp3) is 0.312. The van der Waals surface area contributed by atoms with E-state index < -0.39 is 24.6 Å². The minimum absolute atomic E-state index is 0.151. The van der Waals surface area contributed by atoms with Gasteiger partial charge in [-0.15, -0.1) is 0 Å². The van der Waals surface area contributed by atoms with Crippen LogP contribution in [0, 0.1) is 0 Å². The molecule has 1 aromatic rings. The first-order chi connectivity index (χ1) is 11.5. The second kappa shape index (κ2) is 8.00. The maximum absolute atomic E-state index is 11.7. The van der Waals surface area contributed by atoms with Gasteiger partial charge >= 0.3 is 12.1 Å². The first kappa shape index (κ1) is 17.3. The van der Waals surface area contributed by atoms with Crippen LogP contribution in [0.25, 0.3) is 6.08 Å². The number of cyclic esters (lactones) is 1. The first-order valence-electron chi connectivity index (χ1n) is 7.09. The Kier molecular flexibility index (Phi) is 5.78. The molecule has 8 heteroatoms. The quantitative estimate of drug-likeness (QED) is 0.570. The average Bonchev–Trinajstić information content (AvgIpc) is 3.03. The molecule has 1 aliphatic rings. The van der Waals surface area contributed by atoms with Gasteiger partial charge < -0.3 is 18.9 Å². The Balaban J connectivity index is 1.88. The fourth-order valence-electron chi connectivity index (χ4n) is 2.00. The highest BCUT2D eigenvalue weighted by Gasteiger charge is 2.28. The van der Waals surface area contributed by atoms with Gasteiger partial charge in [0.15, 0.2) is 18.1 Å². The Morgan fingerprint density at radius 3 is 2.62 bits per heavy atom. The third kappa shape index (κ3) is 4.25. The van der Waals surface area contributed by atoms with E-state index in [-0.39, 0.29) is 13.2 Å². The van der Waals surface area contributed by atoms with Crippen molar-refractivity contribution in [2.75, 3.05) is 34.0 Å². The molecule has 0 bridgehead atoms. The van der Waals surface area contributed by atoms with Crippen molar-refractivity contribution < 1.29 is 33.3 Å². The number of hydrogen-bond acceptors (Lipinski definition) is 7. The molecule has 2 amide bonds. The van der Waals surface area contributed by atoms with E-state index in [1.807, 2.05) is 0 Å². The van der Waals surface area contributed by atoms with Crippen molar-refractivity contribution in [2.24, 2.45) is 0 Å². The summed E-state index contributed by atoms with van der Waals surface area (Å²) in [6, 6.07) is 5.12. The third-order valence-corrected chi connectivity index (χ3v) is 3.22. The van der Waals surface area contributed by atoms with Crippen LogP contribution >= 0.6 is 0 Å². The van der Waals surface area contributed by atoms with Crippen molar-refractivity contribution in [3.63, 3.8) is 0 Å². The molecule has 1 aromatic carbocycles. The lowest BCUT2D eigenvalue weighted by Crippen LogP contribution is -2.35. The van der Waals surface area contributed by atoms with Crippen LogP contribution in [0.1, 0.15) is 5.56 Å². The van der Waals surface area contributed by atoms with Gasteiger partial charge in [0.2, 0.25) is 0 Å². The van der Waals surface area contributed by atoms with Gasteiger partial charge in [0.05, 0.1) is 20.8 Å². The molecule has 1 aliphatic heterocycles. The summed E-state index contributed by atoms with van der Waals surface area (Å²) < 4.78 is 19.7. The summed E-state index contributed by atoms with van der Waals surface area (Å²) in [6.45, 7) is -0.210. The number of ether oxygens (including phenoxy) is 4. The standard InChI is InChI=1S/C16H17NO7/c1-21-12-5-3-11(9-13(12)22-2)4-6-15(19)24-10-14(18)17-7-8-23-16(17)20/h3-6,9H,7-8,10H2,1-2H3/b6-4+. The van der Waals surface area contributed by atoms with Gasteiger partial charge in [0.1, 0.15) is 6.61 Å². The Morgan fingerprint density at radius 1 is 1.25 bits per heavy atom. The molecule has 0 radical (unpaired) electrons. The van der Waals surface area contributed by atoms with E-state index in [1.165, 1.54) is 26.4 Å². The molecule has 0 aromatic heterocycles. The van der Waals surface area contributed by atoms with Crippen molar-refractivity contribution in [1.82, 2.24) is 4.90 Å². The SMILES string of the molecule is COc1ccc(/C=C/C(=O)OCC(=O)N2CCOC2=O)cc1OC. The molecule has 0 unspecified atom stereocenters. The second-order valence-corrected chi connectivity index (χ2v) is 4.72. The van der Waals surface area contributed by atoms with Gasteiger partial charge in [-0.3, -0.25) is 4.79 Å². The Morgan fingerprint density at radius 2 is 2.00 bits per heavy atom. The lowest BCUT2D eigenvalue weighted by Gasteiger charge is -2.10. The molecule has 1 fully saturated rings. The van der Waals surface area contributed by atoms with Gasteiger partial charge in [-0.2, -0.15) is 0 Å². The number of imide groups is 1. The maximum Gasteiger partial charge on any atom is 0.416 e. The number of nitrogens with zero attached hydrogens (tertiary/aromatic N) is 1. The summed E-state index contributed by atoms with van der Waals surface area (Å²) in [4.78, 5) is 35.4. The third-order valence-electron chi connectivity index (χ3n) is 3.22. The minimum atomic E-state index is -0.725. The summed E-state index contributed by atoms with van der Waals surface area (Å²) in [6.07, 6.45) is 1.97. The van der Waals surface area contributed by atoms with E-state index in [2.05, 4.69) is 4.74 Å². The lowest BCUT2D eigenvalue weighted by atomic mass is 10.2. The van der Waals surface area contributed by atoms with Crippen LogP contribution in [0.15, 0.2) is 24.3 Å². The average molecular weight is 335 g/mol. The van der Waals surface area contributed by atoms with Crippen LogP contribution in [0.2, 0.25) is 0 Å². The van der Waals surface area contributed by atoms with E-state index in [0.29, 0.717) is 17.1 Å². The summed E-state index contributed by atoms with van der Waals surface area (Å²) >= 11 is 0. The number of amides is 2. The predicted molar refractivity (Wildman–Crippen MR) is 82.6 cm³/mol. The normalized spacial score (nSPS) is 13.8. The predicted octanol–water partition coefficient (Wildman–Crippen LogP) is 1.24. The van der Waals surface area contributed by atoms with E-state index in [1.54, 1.807) is 18.2 Å². The summed E-state index contributed by atoms with van der Waals surface area (Å²) in [5.74, 6) is -0.230. The monoisotopic (exact) mass is 335 g/mol. The van der Waals surface area contributed by atoms with E-state index in [9.17, 15) is 14.4 Å². The van der Waals surface area contributed by atoms with Crippen molar-refractivity contribution in [3.8, 4) is 11.5 Å². The Bertz CT molecular complexity index is 668. The number of carbonyl (C=O) groups excluding carboxylic acids is 3. The zero-order chi connectivity index (χ0) is 17.5. The van der Waals surface area contributed by atoms with Crippen molar-refractivity contribution in [3.05, 3.63) is 29.8 Å². The van der Waals surface area contributed by atoms with Gasteiger partial charge in [0.25, 0.3) is 5.91 Å². The highest BCUT2D eigenvalue weighted by molar-refractivity contribution is 5.95. The second-order valence-electron chi connectivity index (χ2n) is 4.72. The van der Waals surface area contributed by atoms with Gasteiger partial charge in [-0.05, 0) is 23.8 Å². The summed E-state index contributed by atoms with van der Waals surface area (Å²) in [5.41, 5.74) is 0.694. The van der Waals surface area contributed by atoms with Crippen LogP contribution < -0.4 is 9.47 Å². The van der Waals surface area contributed by atoms with Crippen LogP contribution in [0.3, 0.4) is 0 Å². The number of rotatable bonds is 6. The Hall–Kier alpha value is -3.03. The minimum Gasteiger partial charge on any atom is -0.493 e. The first-order valence-corrected chi connectivity index (χ1v) is 7.09. The summed E-state index contributed by atoms with van der Waals surface area (Å²) in [7, 11) is 3.03.